The van der Waals surface area contributed by atoms with Crippen molar-refractivity contribution < 1.29 is 9.53 Å². The monoisotopic (exact) mass is 406 g/mol. The molecule has 0 saturated carbocycles. The van der Waals surface area contributed by atoms with Crippen LogP contribution in [0.1, 0.15) is 42.4 Å². The lowest BCUT2D eigenvalue weighted by atomic mass is 9.88. The van der Waals surface area contributed by atoms with Crippen molar-refractivity contribution in [1.82, 2.24) is 10.2 Å². The summed E-state index contributed by atoms with van der Waals surface area (Å²) in [6.07, 6.45) is 6.85. The number of benzene rings is 2. The molecule has 2 aliphatic rings. The van der Waals surface area contributed by atoms with Gasteiger partial charge in [0.2, 0.25) is 0 Å². The molecule has 0 radical (unpaired) electrons. The molecule has 2 heterocycles. The van der Waals surface area contributed by atoms with Crippen LogP contribution in [-0.2, 0) is 24.2 Å². The molecule has 1 N–H and O–H groups in total. The average Bonchev–Trinajstić information content (AvgIpc) is 2.81. The Morgan fingerprint density at radius 3 is 1.97 bits per heavy atom. The third kappa shape index (κ3) is 6.09. The molecule has 1 amide bonds. The fourth-order valence-electron chi connectivity index (χ4n) is 4.69. The van der Waals surface area contributed by atoms with Gasteiger partial charge in [-0.15, -0.1) is 0 Å². The molecule has 2 aromatic carbocycles. The smallest absolute Gasteiger partial charge is 0.410 e. The number of carbonyl (C=O) groups is 1. The van der Waals surface area contributed by atoms with Gasteiger partial charge < -0.3 is 15.0 Å². The highest BCUT2D eigenvalue weighted by Crippen LogP contribution is 2.24. The van der Waals surface area contributed by atoms with E-state index in [1.165, 1.54) is 43.5 Å². The van der Waals surface area contributed by atoms with Crippen molar-refractivity contribution in [3.63, 3.8) is 0 Å². The van der Waals surface area contributed by atoms with E-state index in [0.717, 1.165) is 43.8 Å². The molecule has 160 valence electrons. The van der Waals surface area contributed by atoms with Gasteiger partial charge in [-0.1, -0.05) is 54.6 Å². The summed E-state index contributed by atoms with van der Waals surface area (Å²) in [6.45, 7) is 4.28. The minimum atomic E-state index is -0.181. The number of hydrogen-bond donors (Lipinski definition) is 1. The Labute approximate surface area is 180 Å². The molecule has 2 saturated heterocycles. The lowest BCUT2D eigenvalue weighted by Crippen LogP contribution is -2.39. The number of nitrogens with one attached hydrogen (secondary N) is 1. The number of piperidine rings is 2. The minimum absolute atomic E-state index is 0.181. The quantitative estimate of drug-likeness (QED) is 0.748. The van der Waals surface area contributed by atoms with Crippen LogP contribution in [0.25, 0.3) is 0 Å². The first kappa shape index (κ1) is 20.9. The Morgan fingerprint density at radius 2 is 1.37 bits per heavy atom. The number of likely N-dealkylation sites (tertiary alicyclic amines) is 1. The van der Waals surface area contributed by atoms with Crippen LogP contribution in [0.5, 0.6) is 0 Å². The molecule has 30 heavy (non-hydrogen) atoms. The largest absolute Gasteiger partial charge is 0.445 e. The van der Waals surface area contributed by atoms with Gasteiger partial charge in [0.1, 0.15) is 6.61 Å². The van der Waals surface area contributed by atoms with Crippen LogP contribution in [0.15, 0.2) is 54.6 Å². The zero-order chi connectivity index (χ0) is 20.6. The third-order valence-corrected chi connectivity index (χ3v) is 6.61. The molecule has 2 aromatic rings. The molecular weight excluding hydrogens is 372 g/mol. The lowest BCUT2D eigenvalue weighted by Gasteiger charge is -2.31. The Morgan fingerprint density at radius 1 is 0.800 bits per heavy atom. The number of nitrogens with zero attached hydrogens (tertiary/aromatic N) is 1. The standard InChI is InChI=1S/C26H34N2O2/c29-26(30-20-25-4-2-1-3-5-25)28-16-12-24(13-17-28)19-22-8-6-21(7-9-22)18-23-10-14-27-15-11-23/h1-9,23-24,27H,10-20H2. The van der Waals surface area contributed by atoms with Crippen LogP contribution in [-0.4, -0.2) is 37.2 Å². The maximum absolute atomic E-state index is 12.3. The first-order valence-electron chi connectivity index (χ1n) is 11.5. The minimum Gasteiger partial charge on any atom is -0.445 e. The summed E-state index contributed by atoms with van der Waals surface area (Å²) in [4.78, 5) is 14.2. The summed E-state index contributed by atoms with van der Waals surface area (Å²) in [5.74, 6) is 1.49. The summed E-state index contributed by atoms with van der Waals surface area (Å²) in [7, 11) is 0. The fourth-order valence-corrected chi connectivity index (χ4v) is 4.69. The fraction of sp³-hybridized carbons (Fsp3) is 0.500. The number of amides is 1. The van der Waals surface area contributed by atoms with E-state index in [1.807, 2.05) is 35.2 Å². The predicted molar refractivity (Wildman–Crippen MR) is 120 cm³/mol. The molecule has 4 rings (SSSR count). The van der Waals surface area contributed by atoms with Gasteiger partial charge in [-0.2, -0.15) is 0 Å². The summed E-state index contributed by atoms with van der Waals surface area (Å²) < 4.78 is 5.48. The highest BCUT2D eigenvalue weighted by atomic mass is 16.6. The maximum Gasteiger partial charge on any atom is 0.410 e. The number of hydrogen-bond acceptors (Lipinski definition) is 3. The summed E-state index contributed by atoms with van der Waals surface area (Å²) in [6, 6.07) is 19.2. The number of ether oxygens (including phenoxy) is 1. The second-order valence-corrected chi connectivity index (χ2v) is 8.89. The highest BCUT2D eigenvalue weighted by molar-refractivity contribution is 5.67. The average molecular weight is 407 g/mol. The van der Waals surface area contributed by atoms with Crippen LogP contribution >= 0.6 is 0 Å². The van der Waals surface area contributed by atoms with Crippen LogP contribution in [0.4, 0.5) is 4.79 Å². The third-order valence-electron chi connectivity index (χ3n) is 6.61. The SMILES string of the molecule is O=C(OCc1ccccc1)N1CCC(Cc2ccc(CC3CCNCC3)cc2)CC1. The Bertz CT molecular complexity index is 776. The molecule has 0 aliphatic carbocycles. The first-order valence-corrected chi connectivity index (χ1v) is 11.5. The van der Waals surface area contributed by atoms with Gasteiger partial charge in [0.05, 0.1) is 0 Å². The summed E-state index contributed by atoms with van der Waals surface area (Å²) in [5.41, 5.74) is 3.93. The van der Waals surface area contributed by atoms with Crippen LogP contribution in [0, 0.1) is 11.8 Å². The van der Waals surface area contributed by atoms with Gasteiger partial charge in [0, 0.05) is 13.1 Å². The first-order chi connectivity index (χ1) is 14.8. The molecule has 0 aromatic heterocycles. The van der Waals surface area contributed by atoms with Crippen molar-refractivity contribution in [2.45, 2.75) is 45.1 Å². The Hall–Kier alpha value is -2.33. The van der Waals surface area contributed by atoms with Gasteiger partial charge in [-0.25, -0.2) is 4.79 Å². The van der Waals surface area contributed by atoms with E-state index in [4.69, 9.17) is 4.74 Å². The van der Waals surface area contributed by atoms with Crippen molar-refractivity contribution in [3.8, 4) is 0 Å². The van der Waals surface area contributed by atoms with E-state index in [9.17, 15) is 4.79 Å². The molecule has 2 aliphatic heterocycles. The normalized spacial score (nSPS) is 18.3. The van der Waals surface area contributed by atoms with Crippen molar-refractivity contribution in [3.05, 3.63) is 71.3 Å². The maximum atomic E-state index is 12.3. The van der Waals surface area contributed by atoms with Crippen molar-refractivity contribution in [2.24, 2.45) is 11.8 Å². The van der Waals surface area contributed by atoms with E-state index in [2.05, 4.69) is 29.6 Å². The zero-order valence-electron chi connectivity index (χ0n) is 17.9. The van der Waals surface area contributed by atoms with E-state index in [-0.39, 0.29) is 6.09 Å². The molecule has 0 bridgehead atoms. The molecule has 4 heteroatoms. The number of rotatable bonds is 6. The van der Waals surface area contributed by atoms with Crippen LogP contribution in [0.2, 0.25) is 0 Å². The topological polar surface area (TPSA) is 41.6 Å². The van der Waals surface area contributed by atoms with Crippen molar-refractivity contribution in [1.29, 1.82) is 0 Å². The van der Waals surface area contributed by atoms with Crippen molar-refractivity contribution in [2.75, 3.05) is 26.2 Å². The van der Waals surface area contributed by atoms with Gasteiger partial charge >= 0.3 is 6.09 Å². The highest BCUT2D eigenvalue weighted by Gasteiger charge is 2.24. The van der Waals surface area contributed by atoms with E-state index < -0.39 is 0 Å². The Kier molecular flexibility index (Phi) is 7.41. The molecule has 0 atom stereocenters. The van der Waals surface area contributed by atoms with Gasteiger partial charge in [-0.3, -0.25) is 0 Å². The Balaban J connectivity index is 1.18. The molecule has 0 spiro atoms. The van der Waals surface area contributed by atoms with E-state index in [0.29, 0.717) is 12.5 Å². The second-order valence-electron chi connectivity index (χ2n) is 8.89. The van der Waals surface area contributed by atoms with Crippen LogP contribution in [0.3, 0.4) is 0 Å². The lowest BCUT2D eigenvalue weighted by molar-refractivity contribution is 0.0823. The van der Waals surface area contributed by atoms with Gasteiger partial charge in [-0.05, 0) is 80.1 Å². The van der Waals surface area contributed by atoms with Crippen molar-refractivity contribution >= 4 is 6.09 Å². The summed E-state index contributed by atoms with van der Waals surface area (Å²) >= 11 is 0. The molecule has 0 unspecified atom stereocenters. The zero-order valence-corrected chi connectivity index (χ0v) is 17.9. The van der Waals surface area contributed by atoms with Crippen LogP contribution < -0.4 is 5.32 Å². The van der Waals surface area contributed by atoms with Gasteiger partial charge in [0.25, 0.3) is 0 Å². The molecular formula is C26H34N2O2. The molecule has 4 nitrogen and oxygen atoms in total. The van der Waals surface area contributed by atoms with Gasteiger partial charge in [0.15, 0.2) is 0 Å². The second kappa shape index (κ2) is 10.6. The van der Waals surface area contributed by atoms with E-state index in [1.54, 1.807) is 0 Å². The number of carbonyl (C=O) groups excluding carboxylic acids is 1. The predicted octanol–water partition coefficient (Wildman–Crippen LogP) is 4.82. The summed E-state index contributed by atoms with van der Waals surface area (Å²) in [5, 5.41) is 3.45. The molecule has 2 fully saturated rings. The van der Waals surface area contributed by atoms with E-state index >= 15 is 0 Å².